The van der Waals surface area contributed by atoms with Crippen LogP contribution in [0.1, 0.15) is 58.9 Å². The summed E-state index contributed by atoms with van der Waals surface area (Å²) >= 11 is 0.943. The first-order chi connectivity index (χ1) is 20.7. The number of nitrogens with zero attached hydrogens (tertiary/aromatic N) is 2. The predicted molar refractivity (Wildman–Crippen MR) is 161 cm³/mol. The SMILES string of the molecule is C=CCOc1ccc([C@H]2/C(=C(\O)c3ccc4c(c3)C[C@H](C)O4)C(=O)C(=O)N2c2nc(C)c(C(=O)OCC)s2)cc1OCC. The minimum absolute atomic E-state index is 0.0153. The molecule has 1 amide bonds. The molecule has 0 spiro atoms. The largest absolute Gasteiger partial charge is 0.507 e. The molecular formula is C32H32N2O8S. The standard InChI is InChI=1S/C32H32N2O8S/c1-6-13-41-23-12-9-19(16-24(23)39-7-2)26-25(27(35)20-10-11-22-21(15-20)14-17(4)42-22)28(36)30(37)34(26)32-33-18(5)29(43-32)31(38)40-8-3/h6,9-12,15-17,26,35H,1,7-8,13-14H2,2-5H3/b27-25+/t17-,26-/m0/s1. The van der Waals surface area contributed by atoms with Gasteiger partial charge in [0, 0.05) is 12.0 Å². The maximum atomic E-state index is 13.7. The molecule has 2 aliphatic rings. The Morgan fingerprint density at radius 3 is 2.67 bits per heavy atom. The second-order valence-corrected chi connectivity index (χ2v) is 11.0. The van der Waals surface area contributed by atoms with Gasteiger partial charge in [0.1, 0.15) is 29.1 Å². The van der Waals surface area contributed by atoms with E-state index in [4.69, 9.17) is 18.9 Å². The predicted octanol–water partition coefficient (Wildman–Crippen LogP) is 5.54. The van der Waals surface area contributed by atoms with Crippen LogP contribution < -0.4 is 19.1 Å². The molecule has 0 radical (unpaired) electrons. The van der Waals surface area contributed by atoms with Crippen molar-refractivity contribution >= 4 is 39.9 Å². The number of esters is 1. The van der Waals surface area contributed by atoms with Crippen LogP contribution in [0.25, 0.3) is 5.76 Å². The lowest BCUT2D eigenvalue weighted by molar-refractivity contribution is -0.132. The number of carbonyl (C=O) groups is 3. The van der Waals surface area contributed by atoms with Gasteiger partial charge in [0.15, 0.2) is 16.6 Å². The Hall–Kier alpha value is -4.64. The fraction of sp³-hybridized carbons (Fsp3) is 0.312. The van der Waals surface area contributed by atoms with Crippen LogP contribution in [0, 0.1) is 6.92 Å². The van der Waals surface area contributed by atoms with E-state index >= 15 is 0 Å². The van der Waals surface area contributed by atoms with Crippen LogP contribution in [0.3, 0.4) is 0 Å². The van der Waals surface area contributed by atoms with Gasteiger partial charge in [-0.15, -0.1) is 0 Å². The smallest absolute Gasteiger partial charge is 0.350 e. The molecule has 1 fully saturated rings. The van der Waals surface area contributed by atoms with Crippen LogP contribution >= 0.6 is 11.3 Å². The number of thiazole rings is 1. The number of fused-ring (bicyclic) bond motifs is 1. The molecule has 1 saturated heterocycles. The summed E-state index contributed by atoms with van der Waals surface area (Å²) in [5.74, 6) is -1.14. The Bertz CT molecular complexity index is 1640. The molecule has 2 aliphatic heterocycles. The highest BCUT2D eigenvalue weighted by Gasteiger charge is 2.49. The number of aromatic nitrogens is 1. The van der Waals surface area contributed by atoms with Gasteiger partial charge in [-0.3, -0.25) is 14.5 Å². The summed E-state index contributed by atoms with van der Waals surface area (Å²) in [4.78, 5) is 45.9. The van der Waals surface area contributed by atoms with Crippen LogP contribution in [0.5, 0.6) is 17.2 Å². The molecule has 0 unspecified atom stereocenters. The fourth-order valence-corrected chi connectivity index (χ4v) is 6.16. The number of aryl methyl sites for hydroxylation is 1. The number of ether oxygens (including phenoxy) is 4. The highest BCUT2D eigenvalue weighted by atomic mass is 32.1. The number of hydrogen-bond donors (Lipinski definition) is 1. The van der Waals surface area contributed by atoms with Crippen LogP contribution in [-0.2, 0) is 20.7 Å². The maximum absolute atomic E-state index is 13.7. The monoisotopic (exact) mass is 604 g/mol. The third kappa shape index (κ3) is 5.60. The lowest BCUT2D eigenvalue weighted by Gasteiger charge is -2.24. The van der Waals surface area contributed by atoms with Gasteiger partial charge in [-0.1, -0.05) is 30.1 Å². The lowest BCUT2D eigenvalue weighted by atomic mass is 9.94. The highest BCUT2D eigenvalue weighted by molar-refractivity contribution is 7.17. The molecule has 10 nitrogen and oxygen atoms in total. The van der Waals surface area contributed by atoms with Gasteiger partial charge >= 0.3 is 11.9 Å². The molecular weight excluding hydrogens is 572 g/mol. The third-order valence-corrected chi connectivity index (χ3v) is 8.14. The Kier molecular flexibility index (Phi) is 8.54. The number of carbonyl (C=O) groups excluding carboxylic acids is 3. The molecule has 224 valence electrons. The van der Waals surface area contributed by atoms with E-state index in [-0.39, 0.29) is 40.7 Å². The lowest BCUT2D eigenvalue weighted by Crippen LogP contribution is -2.29. The van der Waals surface area contributed by atoms with Gasteiger partial charge in [-0.25, -0.2) is 9.78 Å². The first-order valence-electron chi connectivity index (χ1n) is 13.9. The Morgan fingerprint density at radius 2 is 1.95 bits per heavy atom. The summed E-state index contributed by atoms with van der Waals surface area (Å²) in [6.07, 6.45) is 2.23. The molecule has 2 aromatic carbocycles. The van der Waals surface area contributed by atoms with Gasteiger partial charge in [0.05, 0.1) is 30.5 Å². The molecule has 5 rings (SSSR count). The molecule has 3 heterocycles. The van der Waals surface area contributed by atoms with E-state index in [1.807, 2.05) is 13.8 Å². The average Bonchev–Trinajstić information content (AvgIpc) is 3.63. The van der Waals surface area contributed by atoms with Gasteiger partial charge in [0.2, 0.25) is 0 Å². The fourth-order valence-electron chi connectivity index (χ4n) is 5.17. The number of aliphatic hydroxyl groups excluding tert-OH is 1. The molecule has 0 saturated carbocycles. The topological polar surface area (TPSA) is 124 Å². The molecule has 43 heavy (non-hydrogen) atoms. The maximum Gasteiger partial charge on any atom is 0.350 e. The summed E-state index contributed by atoms with van der Waals surface area (Å²) in [5, 5.41) is 11.8. The van der Waals surface area contributed by atoms with E-state index in [9.17, 15) is 19.5 Å². The van der Waals surface area contributed by atoms with E-state index in [1.54, 1.807) is 56.3 Å². The zero-order valence-corrected chi connectivity index (χ0v) is 25.2. The molecule has 11 heteroatoms. The van der Waals surface area contributed by atoms with Gasteiger partial charge in [-0.05, 0) is 69.2 Å². The van der Waals surface area contributed by atoms with Gasteiger partial charge in [0.25, 0.3) is 5.78 Å². The number of Topliss-reactive ketones (excluding diaryl/α,β-unsaturated/α-hetero) is 1. The number of amides is 1. The number of rotatable bonds is 10. The molecule has 1 aromatic heterocycles. The second-order valence-electron chi connectivity index (χ2n) is 9.99. The van der Waals surface area contributed by atoms with Crippen molar-refractivity contribution in [2.45, 2.75) is 46.3 Å². The van der Waals surface area contributed by atoms with Crippen LogP contribution in [0.4, 0.5) is 5.13 Å². The molecule has 1 N–H and O–H groups in total. The van der Waals surface area contributed by atoms with Crippen LogP contribution in [-0.4, -0.2) is 53.7 Å². The van der Waals surface area contributed by atoms with E-state index < -0.39 is 23.7 Å². The van der Waals surface area contributed by atoms with E-state index in [0.717, 1.165) is 16.9 Å². The number of benzene rings is 2. The van der Waals surface area contributed by atoms with E-state index in [1.165, 1.54) is 4.90 Å². The van der Waals surface area contributed by atoms with Crippen molar-refractivity contribution in [3.05, 3.63) is 81.9 Å². The average molecular weight is 605 g/mol. The number of hydrogen-bond acceptors (Lipinski definition) is 10. The number of aliphatic hydroxyl groups is 1. The van der Waals surface area contributed by atoms with Gasteiger partial charge in [-0.2, -0.15) is 0 Å². The number of ketones is 1. The van der Waals surface area contributed by atoms with Crippen LogP contribution in [0.15, 0.2) is 54.6 Å². The van der Waals surface area contributed by atoms with Crippen molar-refractivity contribution in [2.75, 3.05) is 24.7 Å². The van der Waals surface area contributed by atoms with Crippen molar-refractivity contribution < 1.29 is 38.4 Å². The quantitative estimate of drug-likeness (QED) is 0.104. The summed E-state index contributed by atoms with van der Waals surface area (Å²) in [7, 11) is 0. The van der Waals surface area contributed by atoms with Crippen molar-refractivity contribution in [2.24, 2.45) is 0 Å². The third-order valence-electron chi connectivity index (χ3n) is 7.01. The first kappa shape index (κ1) is 29.8. The van der Waals surface area contributed by atoms with Crippen LogP contribution in [0.2, 0.25) is 0 Å². The molecule has 0 bridgehead atoms. The highest BCUT2D eigenvalue weighted by Crippen LogP contribution is 2.46. The van der Waals surface area contributed by atoms with E-state index in [2.05, 4.69) is 11.6 Å². The normalized spacial score (nSPS) is 18.7. The van der Waals surface area contributed by atoms with Gasteiger partial charge < -0.3 is 24.1 Å². The second kappa shape index (κ2) is 12.3. The zero-order valence-electron chi connectivity index (χ0n) is 24.3. The summed E-state index contributed by atoms with van der Waals surface area (Å²) in [6.45, 7) is 11.5. The summed E-state index contributed by atoms with van der Waals surface area (Å²) in [6, 6.07) is 9.12. The van der Waals surface area contributed by atoms with E-state index in [0.29, 0.717) is 47.1 Å². The van der Waals surface area contributed by atoms with Crippen molar-refractivity contribution in [1.82, 2.24) is 4.98 Å². The Balaban J connectivity index is 1.69. The Labute approximate surface area is 253 Å². The number of anilines is 1. The summed E-state index contributed by atoms with van der Waals surface area (Å²) in [5.41, 5.74) is 1.97. The molecule has 2 atom stereocenters. The summed E-state index contributed by atoms with van der Waals surface area (Å²) < 4.78 is 22.5. The van der Waals surface area contributed by atoms with Crippen molar-refractivity contribution in [3.63, 3.8) is 0 Å². The zero-order chi connectivity index (χ0) is 30.8. The molecule has 0 aliphatic carbocycles. The van der Waals surface area contributed by atoms with Crippen molar-refractivity contribution in [1.29, 1.82) is 0 Å². The minimum atomic E-state index is -1.09. The molecule has 3 aromatic rings. The first-order valence-corrected chi connectivity index (χ1v) is 14.8. The minimum Gasteiger partial charge on any atom is -0.507 e. The van der Waals surface area contributed by atoms with Crippen molar-refractivity contribution in [3.8, 4) is 17.2 Å². The Morgan fingerprint density at radius 1 is 1.16 bits per heavy atom.